The molecule has 0 unspecified atom stereocenters. The Morgan fingerprint density at radius 2 is 2.17 bits per heavy atom. The lowest BCUT2D eigenvalue weighted by Gasteiger charge is -2.05. The normalized spacial score (nSPS) is 10.3. The highest BCUT2D eigenvalue weighted by Crippen LogP contribution is 2.23. The SMILES string of the molecule is Cc1cc(OCc2ccc([N+](=O)[O-])o2)ccc1Br. The highest BCUT2D eigenvalue weighted by atomic mass is 79.9. The van der Waals surface area contributed by atoms with Crippen LogP contribution in [0.2, 0.25) is 0 Å². The molecule has 0 aliphatic heterocycles. The molecule has 0 saturated heterocycles. The molecule has 18 heavy (non-hydrogen) atoms. The molecule has 0 aliphatic rings. The van der Waals surface area contributed by atoms with Crippen molar-refractivity contribution in [2.24, 2.45) is 0 Å². The van der Waals surface area contributed by atoms with Gasteiger partial charge < -0.3 is 9.15 Å². The Bertz CT molecular complexity index is 579. The van der Waals surface area contributed by atoms with Crippen molar-refractivity contribution in [3.05, 3.63) is 56.2 Å². The van der Waals surface area contributed by atoms with Gasteiger partial charge in [-0.2, -0.15) is 0 Å². The van der Waals surface area contributed by atoms with Gasteiger partial charge >= 0.3 is 5.88 Å². The van der Waals surface area contributed by atoms with Crippen LogP contribution in [-0.4, -0.2) is 4.92 Å². The van der Waals surface area contributed by atoms with E-state index in [1.807, 2.05) is 25.1 Å². The van der Waals surface area contributed by atoms with Gasteiger partial charge in [-0.15, -0.1) is 0 Å². The van der Waals surface area contributed by atoms with Crippen molar-refractivity contribution in [2.75, 3.05) is 0 Å². The summed E-state index contributed by atoms with van der Waals surface area (Å²) >= 11 is 3.40. The summed E-state index contributed by atoms with van der Waals surface area (Å²) in [5.41, 5.74) is 1.05. The van der Waals surface area contributed by atoms with E-state index in [0.29, 0.717) is 11.5 Å². The third-order valence-corrected chi connectivity index (χ3v) is 3.23. The third kappa shape index (κ3) is 2.89. The molecule has 0 N–H and O–H groups in total. The van der Waals surface area contributed by atoms with Gasteiger partial charge in [-0.25, -0.2) is 0 Å². The van der Waals surface area contributed by atoms with Gasteiger partial charge in [-0.3, -0.25) is 10.1 Å². The fourth-order valence-corrected chi connectivity index (χ4v) is 1.65. The summed E-state index contributed by atoms with van der Waals surface area (Å²) < 4.78 is 11.5. The lowest BCUT2D eigenvalue weighted by Crippen LogP contribution is -1.94. The summed E-state index contributed by atoms with van der Waals surface area (Å²) in [6.07, 6.45) is 0. The number of nitro groups is 1. The van der Waals surface area contributed by atoms with E-state index in [-0.39, 0.29) is 12.5 Å². The van der Waals surface area contributed by atoms with Gasteiger partial charge in [0, 0.05) is 4.47 Å². The number of aryl methyl sites for hydroxylation is 1. The molecule has 1 aromatic heterocycles. The first kappa shape index (κ1) is 12.6. The molecule has 0 aliphatic carbocycles. The Balaban J connectivity index is 2.02. The van der Waals surface area contributed by atoms with Crippen LogP contribution in [0.25, 0.3) is 0 Å². The maximum absolute atomic E-state index is 10.4. The molecule has 1 aromatic carbocycles. The third-order valence-electron chi connectivity index (χ3n) is 2.34. The highest BCUT2D eigenvalue weighted by molar-refractivity contribution is 9.10. The van der Waals surface area contributed by atoms with Gasteiger partial charge in [0.1, 0.15) is 23.0 Å². The zero-order valence-electron chi connectivity index (χ0n) is 9.55. The lowest BCUT2D eigenvalue weighted by molar-refractivity contribution is -0.402. The minimum atomic E-state index is -0.576. The molecule has 0 amide bonds. The highest BCUT2D eigenvalue weighted by Gasteiger charge is 2.12. The number of hydrogen-bond donors (Lipinski definition) is 0. The monoisotopic (exact) mass is 311 g/mol. The van der Waals surface area contributed by atoms with Crippen molar-refractivity contribution in [1.29, 1.82) is 0 Å². The van der Waals surface area contributed by atoms with E-state index in [1.165, 1.54) is 12.1 Å². The minimum absolute atomic E-state index is 0.162. The lowest BCUT2D eigenvalue weighted by atomic mass is 10.2. The first-order valence-corrected chi connectivity index (χ1v) is 5.97. The van der Waals surface area contributed by atoms with E-state index in [4.69, 9.17) is 9.15 Å². The van der Waals surface area contributed by atoms with Crippen LogP contribution in [0.15, 0.2) is 39.2 Å². The average Bonchev–Trinajstić information content (AvgIpc) is 2.79. The van der Waals surface area contributed by atoms with E-state index in [1.54, 1.807) is 0 Å². The number of benzene rings is 1. The van der Waals surface area contributed by atoms with Crippen molar-refractivity contribution < 1.29 is 14.1 Å². The largest absolute Gasteiger partial charge is 0.486 e. The van der Waals surface area contributed by atoms with Crippen LogP contribution in [0.5, 0.6) is 5.75 Å². The van der Waals surface area contributed by atoms with Gasteiger partial charge in [0.25, 0.3) is 0 Å². The standard InChI is InChI=1S/C12H10BrNO4/c1-8-6-9(2-4-11(8)13)17-7-10-3-5-12(18-10)14(15)16/h2-6H,7H2,1H3. The molecule has 0 bridgehead atoms. The number of ether oxygens (including phenoxy) is 1. The van der Waals surface area contributed by atoms with Crippen LogP contribution >= 0.6 is 15.9 Å². The van der Waals surface area contributed by atoms with E-state index < -0.39 is 4.92 Å². The minimum Gasteiger partial charge on any atom is -0.486 e. The van der Waals surface area contributed by atoms with Crippen LogP contribution in [-0.2, 0) is 6.61 Å². The number of nitrogens with zero attached hydrogens (tertiary/aromatic N) is 1. The van der Waals surface area contributed by atoms with Gasteiger partial charge in [0.05, 0.1) is 6.07 Å². The first-order chi connectivity index (χ1) is 8.56. The molecule has 0 fully saturated rings. The summed E-state index contributed by atoms with van der Waals surface area (Å²) in [6, 6.07) is 8.42. The van der Waals surface area contributed by atoms with Crippen molar-refractivity contribution in [3.8, 4) is 5.75 Å². The molecule has 0 atom stereocenters. The van der Waals surface area contributed by atoms with Crippen molar-refractivity contribution in [2.45, 2.75) is 13.5 Å². The second kappa shape index (κ2) is 5.22. The van der Waals surface area contributed by atoms with E-state index in [0.717, 1.165) is 10.0 Å². The summed E-state index contributed by atoms with van der Waals surface area (Å²) in [4.78, 5) is 9.86. The molecule has 0 saturated carbocycles. The van der Waals surface area contributed by atoms with E-state index >= 15 is 0 Å². The molecule has 0 radical (unpaired) electrons. The van der Waals surface area contributed by atoms with E-state index in [2.05, 4.69) is 15.9 Å². The van der Waals surface area contributed by atoms with Crippen molar-refractivity contribution >= 4 is 21.8 Å². The zero-order valence-corrected chi connectivity index (χ0v) is 11.1. The van der Waals surface area contributed by atoms with Crippen LogP contribution in [0, 0.1) is 17.0 Å². The summed E-state index contributed by atoms with van der Waals surface area (Å²) in [7, 11) is 0. The Kier molecular flexibility index (Phi) is 3.66. The molecular weight excluding hydrogens is 302 g/mol. The Morgan fingerprint density at radius 1 is 1.39 bits per heavy atom. The van der Waals surface area contributed by atoms with E-state index in [9.17, 15) is 10.1 Å². The molecule has 1 heterocycles. The number of halogens is 1. The second-order valence-electron chi connectivity index (χ2n) is 3.70. The Morgan fingerprint density at radius 3 is 2.78 bits per heavy atom. The van der Waals surface area contributed by atoms with Crippen molar-refractivity contribution in [3.63, 3.8) is 0 Å². The average molecular weight is 312 g/mol. The van der Waals surface area contributed by atoms with Gasteiger partial charge in [0.15, 0.2) is 0 Å². The molecule has 2 aromatic rings. The number of rotatable bonds is 4. The molecule has 6 heteroatoms. The van der Waals surface area contributed by atoms with Crippen LogP contribution in [0.3, 0.4) is 0 Å². The fourth-order valence-electron chi connectivity index (χ4n) is 1.40. The van der Waals surface area contributed by atoms with Crippen LogP contribution in [0.4, 0.5) is 5.88 Å². The molecule has 5 nitrogen and oxygen atoms in total. The molecule has 0 spiro atoms. The van der Waals surface area contributed by atoms with Gasteiger partial charge in [-0.05, 0) is 36.8 Å². The summed E-state index contributed by atoms with van der Waals surface area (Å²) in [5.74, 6) is 0.831. The Hall–Kier alpha value is -1.82. The zero-order chi connectivity index (χ0) is 13.1. The quantitative estimate of drug-likeness (QED) is 0.635. The fraction of sp³-hybridized carbons (Fsp3) is 0.167. The predicted molar refractivity (Wildman–Crippen MR) is 68.6 cm³/mol. The molecule has 2 rings (SSSR count). The first-order valence-electron chi connectivity index (χ1n) is 5.18. The Labute approximate surface area is 112 Å². The maximum Gasteiger partial charge on any atom is 0.433 e. The smallest absolute Gasteiger partial charge is 0.433 e. The van der Waals surface area contributed by atoms with Crippen molar-refractivity contribution in [1.82, 2.24) is 0 Å². The van der Waals surface area contributed by atoms with Crippen LogP contribution in [0.1, 0.15) is 11.3 Å². The predicted octanol–water partition coefficient (Wildman–Crippen LogP) is 3.84. The van der Waals surface area contributed by atoms with Gasteiger partial charge in [0.2, 0.25) is 0 Å². The second-order valence-corrected chi connectivity index (χ2v) is 4.55. The maximum atomic E-state index is 10.4. The molecule has 94 valence electrons. The van der Waals surface area contributed by atoms with Gasteiger partial charge in [-0.1, -0.05) is 15.9 Å². The number of furan rings is 1. The number of hydrogen-bond acceptors (Lipinski definition) is 4. The summed E-state index contributed by atoms with van der Waals surface area (Å²) in [6.45, 7) is 2.11. The topological polar surface area (TPSA) is 65.5 Å². The van der Waals surface area contributed by atoms with Crippen LogP contribution < -0.4 is 4.74 Å². The molecular formula is C12H10BrNO4. The summed E-state index contributed by atoms with van der Waals surface area (Å²) in [5, 5.41) is 10.4.